The highest BCUT2D eigenvalue weighted by molar-refractivity contribution is 6.33. The molecular weight excluding hydrogens is 328 g/mol. The summed E-state index contributed by atoms with van der Waals surface area (Å²) in [4.78, 5) is 12.6. The first-order valence-corrected chi connectivity index (χ1v) is 8.05. The van der Waals surface area contributed by atoms with E-state index in [0.29, 0.717) is 53.0 Å². The number of methoxy groups -OCH3 is 1. The van der Waals surface area contributed by atoms with Crippen molar-refractivity contribution in [3.8, 4) is 17.2 Å². The number of allylic oxidation sites excluding steroid dienone is 1. The van der Waals surface area contributed by atoms with E-state index in [-0.39, 0.29) is 5.78 Å². The van der Waals surface area contributed by atoms with E-state index < -0.39 is 0 Å². The molecule has 0 spiro atoms. The minimum Gasteiger partial charge on any atom is -0.493 e. The van der Waals surface area contributed by atoms with E-state index in [1.807, 2.05) is 30.3 Å². The van der Waals surface area contributed by atoms with Crippen LogP contribution in [0.2, 0.25) is 5.02 Å². The molecule has 2 aromatic rings. The quantitative estimate of drug-likeness (QED) is 0.775. The Labute approximate surface area is 144 Å². The SMILES string of the molecule is COc1cc(C=C2Cc3c(Cl)cccc3C2=O)cc2c1OCCO2. The Morgan fingerprint density at radius 3 is 2.83 bits per heavy atom. The van der Waals surface area contributed by atoms with Crippen molar-refractivity contribution in [2.24, 2.45) is 0 Å². The maximum Gasteiger partial charge on any atom is 0.203 e. The van der Waals surface area contributed by atoms with Crippen molar-refractivity contribution in [2.75, 3.05) is 20.3 Å². The lowest BCUT2D eigenvalue weighted by Gasteiger charge is -2.21. The minimum absolute atomic E-state index is 0.0151. The van der Waals surface area contributed by atoms with E-state index in [1.165, 1.54) is 0 Å². The Balaban J connectivity index is 1.75. The van der Waals surface area contributed by atoms with Gasteiger partial charge in [0, 0.05) is 22.6 Å². The lowest BCUT2D eigenvalue weighted by atomic mass is 10.1. The fourth-order valence-corrected chi connectivity index (χ4v) is 3.33. The highest BCUT2D eigenvalue weighted by Crippen LogP contribution is 2.41. The fraction of sp³-hybridized carbons (Fsp3) is 0.211. The summed E-state index contributed by atoms with van der Waals surface area (Å²) in [7, 11) is 1.58. The first-order chi connectivity index (χ1) is 11.7. The molecule has 0 amide bonds. The Hall–Kier alpha value is -2.46. The first kappa shape index (κ1) is 15.1. The Morgan fingerprint density at radius 1 is 1.21 bits per heavy atom. The smallest absolute Gasteiger partial charge is 0.203 e. The second-order valence-electron chi connectivity index (χ2n) is 5.69. The van der Waals surface area contributed by atoms with Crippen LogP contribution in [0.5, 0.6) is 17.2 Å². The van der Waals surface area contributed by atoms with E-state index in [1.54, 1.807) is 13.2 Å². The number of halogens is 1. The number of fused-ring (bicyclic) bond motifs is 2. The molecule has 1 aliphatic heterocycles. The monoisotopic (exact) mass is 342 g/mol. The topological polar surface area (TPSA) is 44.8 Å². The zero-order valence-electron chi connectivity index (χ0n) is 13.1. The van der Waals surface area contributed by atoms with Gasteiger partial charge in [-0.15, -0.1) is 0 Å². The van der Waals surface area contributed by atoms with Gasteiger partial charge in [-0.05, 0) is 35.4 Å². The normalized spacial score (nSPS) is 17.1. The van der Waals surface area contributed by atoms with Crippen LogP contribution in [-0.2, 0) is 6.42 Å². The molecule has 2 aromatic carbocycles. The molecule has 0 aromatic heterocycles. The number of ketones is 1. The third kappa shape index (κ3) is 2.43. The number of rotatable bonds is 2. The second-order valence-corrected chi connectivity index (χ2v) is 6.10. The summed E-state index contributed by atoms with van der Waals surface area (Å²) in [6.45, 7) is 0.992. The van der Waals surface area contributed by atoms with Crippen molar-refractivity contribution in [2.45, 2.75) is 6.42 Å². The molecule has 1 aliphatic carbocycles. The van der Waals surface area contributed by atoms with E-state index in [9.17, 15) is 4.79 Å². The number of ether oxygens (including phenoxy) is 3. The summed E-state index contributed by atoms with van der Waals surface area (Å²) in [6.07, 6.45) is 2.39. The van der Waals surface area contributed by atoms with E-state index in [4.69, 9.17) is 25.8 Å². The third-order valence-electron chi connectivity index (χ3n) is 4.21. The van der Waals surface area contributed by atoms with Gasteiger partial charge >= 0.3 is 0 Å². The molecule has 2 aliphatic rings. The summed E-state index contributed by atoms with van der Waals surface area (Å²) >= 11 is 6.21. The summed E-state index contributed by atoms with van der Waals surface area (Å²) < 4.78 is 16.6. The molecule has 0 bridgehead atoms. The van der Waals surface area contributed by atoms with Crippen LogP contribution < -0.4 is 14.2 Å². The van der Waals surface area contributed by atoms with Gasteiger partial charge < -0.3 is 14.2 Å². The molecule has 122 valence electrons. The summed E-state index contributed by atoms with van der Waals surface area (Å²) in [5, 5.41) is 0.629. The van der Waals surface area contributed by atoms with Gasteiger partial charge in [0.15, 0.2) is 17.3 Å². The zero-order chi connectivity index (χ0) is 16.7. The number of hydrogen-bond donors (Lipinski definition) is 0. The van der Waals surface area contributed by atoms with Crippen molar-refractivity contribution < 1.29 is 19.0 Å². The maximum absolute atomic E-state index is 12.6. The minimum atomic E-state index is 0.0151. The van der Waals surface area contributed by atoms with Crippen LogP contribution in [0.1, 0.15) is 21.5 Å². The van der Waals surface area contributed by atoms with Crippen LogP contribution in [0, 0.1) is 0 Å². The fourth-order valence-electron chi connectivity index (χ4n) is 3.09. The van der Waals surface area contributed by atoms with Crippen LogP contribution in [0.4, 0.5) is 0 Å². The zero-order valence-corrected chi connectivity index (χ0v) is 13.9. The molecular formula is C19H15ClO4. The van der Waals surface area contributed by atoms with Crippen LogP contribution >= 0.6 is 11.6 Å². The number of hydrogen-bond acceptors (Lipinski definition) is 4. The first-order valence-electron chi connectivity index (χ1n) is 7.67. The van der Waals surface area contributed by atoms with Gasteiger partial charge in [-0.25, -0.2) is 0 Å². The molecule has 0 radical (unpaired) electrons. The molecule has 4 nitrogen and oxygen atoms in total. The molecule has 0 saturated heterocycles. The molecule has 0 atom stereocenters. The molecule has 0 saturated carbocycles. The van der Waals surface area contributed by atoms with Gasteiger partial charge in [0.1, 0.15) is 13.2 Å². The van der Waals surface area contributed by atoms with E-state index in [0.717, 1.165) is 11.1 Å². The van der Waals surface area contributed by atoms with Crippen LogP contribution in [0.25, 0.3) is 6.08 Å². The highest BCUT2D eigenvalue weighted by Gasteiger charge is 2.27. The van der Waals surface area contributed by atoms with Crippen LogP contribution in [-0.4, -0.2) is 26.1 Å². The molecule has 0 unspecified atom stereocenters. The predicted octanol–water partition coefficient (Wildman–Crippen LogP) is 3.94. The number of carbonyl (C=O) groups is 1. The van der Waals surface area contributed by atoms with Crippen molar-refractivity contribution >= 4 is 23.5 Å². The van der Waals surface area contributed by atoms with Crippen molar-refractivity contribution in [3.63, 3.8) is 0 Å². The van der Waals surface area contributed by atoms with Gasteiger partial charge in [-0.1, -0.05) is 23.7 Å². The molecule has 0 N–H and O–H groups in total. The van der Waals surface area contributed by atoms with Gasteiger partial charge in [0.05, 0.1) is 7.11 Å². The Morgan fingerprint density at radius 2 is 2.04 bits per heavy atom. The van der Waals surface area contributed by atoms with Crippen molar-refractivity contribution in [1.29, 1.82) is 0 Å². The Kier molecular flexibility index (Phi) is 3.69. The van der Waals surface area contributed by atoms with Gasteiger partial charge in [-0.2, -0.15) is 0 Å². The molecule has 4 rings (SSSR count). The van der Waals surface area contributed by atoms with Crippen molar-refractivity contribution in [3.05, 3.63) is 57.6 Å². The summed E-state index contributed by atoms with van der Waals surface area (Å²) in [5.41, 5.74) is 3.11. The number of benzene rings is 2. The Bertz CT molecular complexity index is 853. The summed E-state index contributed by atoms with van der Waals surface area (Å²) in [6, 6.07) is 9.13. The van der Waals surface area contributed by atoms with Crippen LogP contribution in [0.15, 0.2) is 35.9 Å². The average Bonchev–Trinajstić information content (AvgIpc) is 2.92. The largest absolute Gasteiger partial charge is 0.493 e. The highest BCUT2D eigenvalue weighted by atomic mass is 35.5. The van der Waals surface area contributed by atoms with Gasteiger partial charge in [0.25, 0.3) is 0 Å². The van der Waals surface area contributed by atoms with Crippen LogP contribution in [0.3, 0.4) is 0 Å². The van der Waals surface area contributed by atoms with Gasteiger partial charge in [-0.3, -0.25) is 4.79 Å². The predicted molar refractivity (Wildman–Crippen MR) is 91.4 cm³/mol. The second kappa shape index (κ2) is 5.87. The van der Waals surface area contributed by atoms with Gasteiger partial charge in [0.2, 0.25) is 5.75 Å². The summed E-state index contributed by atoms with van der Waals surface area (Å²) in [5.74, 6) is 1.85. The molecule has 24 heavy (non-hydrogen) atoms. The molecule has 0 fully saturated rings. The lowest BCUT2D eigenvalue weighted by Crippen LogP contribution is -2.16. The average molecular weight is 343 g/mol. The third-order valence-corrected chi connectivity index (χ3v) is 4.57. The lowest BCUT2D eigenvalue weighted by molar-refractivity contribution is 0.104. The van der Waals surface area contributed by atoms with E-state index >= 15 is 0 Å². The number of carbonyl (C=O) groups excluding carboxylic acids is 1. The molecule has 5 heteroatoms. The van der Waals surface area contributed by atoms with E-state index in [2.05, 4.69) is 0 Å². The van der Waals surface area contributed by atoms with Crippen molar-refractivity contribution in [1.82, 2.24) is 0 Å². The standard InChI is InChI=1S/C19H15ClO4/c1-22-16-8-11(9-17-19(16)24-6-5-23-17)7-12-10-14-13(18(12)21)3-2-4-15(14)20/h2-4,7-9H,5-6,10H2,1H3. The number of Topliss-reactive ketones (excluding diaryl/α,β-unsaturated/α-hetero) is 1. The maximum atomic E-state index is 12.6. The molecule has 1 heterocycles.